The lowest BCUT2D eigenvalue weighted by Gasteiger charge is -2.07. The Kier molecular flexibility index (Phi) is 5.56. The minimum absolute atomic E-state index is 0.105. The fourth-order valence-corrected chi connectivity index (χ4v) is 2.71. The Labute approximate surface area is 161 Å². The maximum atomic E-state index is 11.9. The van der Waals surface area contributed by atoms with Crippen LogP contribution in [0.1, 0.15) is 18.2 Å². The maximum Gasteiger partial charge on any atom is 0.336 e. The number of amides is 1. The van der Waals surface area contributed by atoms with Gasteiger partial charge in [-0.2, -0.15) is 0 Å². The van der Waals surface area contributed by atoms with Crippen LogP contribution < -0.4 is 10.9 Å². The quantitative estimate of drug-likeness (QED) is 0.374. The van der Waals surface area contributed by atoms with Crippen molar-refractivity contribution < 1.29 is 23.2 Å². The highest BCUT2D eigenvalue weighted by atomic mass is 79.9. The van der Waals surface area contributed by atoms with Gasteiger partial charge < -0.3 is 18.9 Å². The van der Waals surface area contributed by atoms with E-state index >= 15 is 0 Å². The van der Waals surface area contributed by atoms with Crippen molar-refractivity contribution in [3.05, 3.63) is 68.9 Å². The van der Waals surface area contributed by atoms with E-state index in [1.54, 1.807) is 24.3 Å². The monoisotopic (exact) mass is 431 g/mol. The number of carbonyl (C=O) groups excluding carboxylic acids is 2. The van der Waals surface area contributed by atoms with E-state index in [1.165, 1.54) is 31.2 Å². The summed E-state index contributed by atoms with van der Waals surface area (Å²) in [7, 11) is 0. The molecule has 1 amide bonds. The smallest absolute Gasteiger partial charge is 0.336 e. The summed E-state index contributed by atoms with van der Waals surface area (Å²) >= 11 is 3.17. The third-order valence-electron chi connectivity index (χ3n) is 3.50. The van der Waals surface area contributed by atoms with E-state index in [-0.39, 0.29) is 18.1 Å². The molecule has 0 fully saturated rings. The van der Waals surface area contributed by atoms with Gasteiger partial charge in [-0.1, -0.05) is 0 Å². The molecule has 2 heterocycles. The lowest BCUT2D eigenvalue weighted by molar-refractivity contribution is -0.138. The average Bonchev–Trinajstić information content (AvgIpc) is 3.02. The van der Waals surface area contributed by atoms with E-state index in [0.717, 1.165) is 0 Å². The molecule has 0 aliphatic heterocycles. The van der Waals surface area contributed by atoms with E-state index in [0.29, 0.717) is 27.1 Å². The van der Waals surface area contributed by atoms with Crippen molar-refractivity contribution in [2.45, 2.75) is 13.5 Å². The molecule has 3 aromatic rings. The lowest BCUT2D eigenvalue weighted by Crippen LogP contribution is -2.07. The molecule has 0 saturated heterocycles. The van der Waals surface area contributed by atoms with Gasteiger partial charge in [0.2, 0.25) is 5.91 Å². The van der Waals surface area contributed by atoms with Gasteiger partial charge in [0.25, 0.3) is 0 Å². The maximum absolute atomic E-state index is 11.9. The molecule has 8 heteroatoms. The number of fused-ring (bicyclic) bond motifs is 1. The number of halogens is 1. The molecule has 3 rings (SSSR count). The van der Waals surface area contributed by atoms with Crippen LogP contribution in [0.5, 0.6) is 0 Å². The second-order valence-electron chi connectivity index (χ2n) is 5.57. The number of hydrogen-bond acceptors (Lipinski definition) is 6. The predicted molar refractivity (Wildman–Crippen MR) is 102 cm³/mol. The van der Waals surface area contributed by atoms with Gasteiger partial charge in [0.15, 0.2) is 4.67 Å². The Morgan fingerprint density at radius 2 is 2.00 bits per heavy atom. The zero-order valence-electron chi connectivity index (χ0n) is 14.2. The van der Waals surface area contributed by atoms with E-state index < -0.39 is 11.6 Å². The van der Waals surface area contributed by atoms with Crippen molar-refractivity contribution in [2.75, 3.05) is 5.32 Å². The zero-order chi connectivity index (χ0) is 19.4. The van der Waals surface area contributed by atoms with Crippen LogP contribution in [0.25, 0.3) is 17.0 Å². The van der Waals surface area contributed by atoms with Gasteiger partial charge in [0.05, 0.1) is 0 Å². The molecule has 0 spiro atoms. The summed E-state index contributed by atoms with van der Waals surface area (Å²) in [6.07, 6.45) is 2.71. The SMILES string of the molecule is CC(=O)Nc1ccc2c(COC(=O)/C=C/c3ccc(Br)o3)cc(=O)oc2c1. The normalized spacial score (nSPS) is 11.0. The van der Waals surface area contributed by atoms with E-state index in [4.69, 9.17) is 13.6 Å². The van der Waals surface area contributed by atoms with Crippen LogP contribution in [0.4, 0.5) is 5.69 Å². The van der Waals surface area contributed by atoms with Crippen molar-refractivity contribution in [1.82, 2.24) is 0 Å². The van der Waals surface area contributed by atoms with Gasteiger partial charge in [-0.05, 0) is 46.3 Å². The molecule has 0 aliphatic rings. The highest BCUT2D eigenvalue weighted by Gasteiger charge is 2.09. The van der Waals surface area contributed by atoms with Crippen LogP contribution in [0, 0.1) is 0 Å². The van der Waals surface area contributed by atoms with Crippen LogP contribution in [0.2, 0.25) is 0 Å². The first-order chi connectivity index (χ1) is 12.9. The van der Waals surface area contributed by atoms with Crippen molar-refractivity contribution in [2.24, 2.45) is 0 Å². The Morgan fingerprint density at radius 3 is 2.70 bits per heavy atom. The number of furan rings is 1. The number of rotatable bonds is 5. The molecular weight excluding hydrogens is 418 g/mol. The number of anilines is 1. The minimum Gasteiger partial charge on any atom is -0.458 e. The summed E-state index contributed by atoms with van der Waals surface area (Å²) in [5.74, 6) is -0.328. The number of esters is 1. The molecule has 0 radical (unpaired) electrons. The topological polar surface area (TPSA) is 98.7 Å². The first kappa shape index (κ1) is 18.7. The Balaban J connectivity index is 1.75. The van der Waals surface area contributed by atoms with Gasteiger partial charge in [0.1, 0.15) is 18.0 Å². The summed E-state index contributed by atoms with van der Waals surface area (Å²) in [5, 5.41) is 3.22. The van der Waals surface area contributed by atoms with Gasteiger partial charge in [-0.15, -0.1) is 0 Å². The fraction of sp³-hybridized carbons (Fsp3) is 0.105. The number of ether oxygens (including phenoxy) is 1. The van der Waals surface area contributed by atoms with E-state index in [9.17, 15) is 14.4 Å². The van der Waals surface area contributed by atoms with Gasteiger partial charge in [-0.25, -0.2) is 9.59 Å². The highest BCUT2D eigenvalue weighted by molar-refractivity contribution is 9.10. The summed E-state index contributed by atoms with van der Waals surface area (Å²) in [5.41, 5.74) is 0.707. The molecule has 138 valence electrons. The number of nitrogens with one attached hydrogen (secondary N) is 1. The van der Waals surface area contributed by atoms with Crippen LogP contribution in [0.15, 0.2) is 60.8 Å². The summed E-state index contributed by atoms with van der Waals surface area (Å²) in [6, 6.07) is 9.55. The third-order valence-corrected chi connectivity index (χ3v) is 3.92. The lowest BCUT2D eigenvalue weighted by atomic mass is 10.1. The molecule has 0 bridgehead atoms. The third kappa shape index (κ3) is 4.95. The summed E-state index contributed by atoms with van der Waals surface area (Å²) < 4.78 is 16.1. The highest BCUT2D eigenvalue weighted by Crippen LogP contribution is 2.22. The van der Waals surface area contributed by atoms with E-state index in [2.05, 4.69) is 21.2 Å². The summed E-state index contributed by atoms with van der Waals surface area (Å²) in [4.78, 5) is 34.8. The van der Waals surface area contributed by atoms with Gasteiger partial charge >= 0.3 is 11.6 Å². The molecule has 1 N–H and O–H groups in total. The first-order valence-corrected chi connectivity index (χ1v) is 8.64. The van der Waals surface area contributed by atoms with Crippen molar-refractivity contribution in [1.29, 1.82) is 0 Å². The van der Waals surface area contributed by atoms with Crippen molar-refractivity contribution in [3.63, 3.8) is 0 Å². The largest absolute Gasteiger partial charge is 0.458 e. The molecule has 2 aromatic heterocycles. The van der Waals surface area contributed by atoms with Crippen LogP contribution in [0.3, 0.4) is 0 Å². The fourth-order valence-electron chi connectivity index (χ4n) is 2.40. The van der Waals surface area contributed by atoms with Gasteiger partial charge in [-0.3, -0.25) is 4.79 Å². The Morgan fingerprint density at radius 1 is 1.19 bits per heavy atom. The number of benzene rings is 1. The molecule has 0 atom stereocenters. The van der Waals surface area contributed by atoms with E-state index in [1.807, 2.05) is 0 Å². The predicted octanol–water partition coefficient (Wildman–Crippen LogP) is 3.86. The second kappa shape index (κ2) is 8.05. The average molecular weight is 432 g/mol. The Bertz CT molecular complexity index is 1100. The zero-order valence-corrected chi connectivity index (χ0v) is 15.7. The minimum atomic E-state index is -0.584. The number of hydrogen-bond donors (Lipinski definition) is 1. The van der Waals surface area contributed by atoms with Crippen molar-refractivity contribution >= 4 is 50.5 Å². The van der Waals surface area contributed by atoms with Gasteiger partial charge in [0, 0.05) is 41.8 Å². The van der Waals surface area contributed by atoms with Crippen molar-refractivity contribution in [3.8, 4) is 0 Å². The van der Waals surface area contributed by atoms with Crippen LogP contribution in [-0.2, 0) is 20.9 Å². The molecule has 0 unspecified atom stereocenters. The van der Waals surface area contributed by atoms with Crippen LogP contribution in [-0.4, -0.2) is 11.9 Å². The van der Waals surface area contributed by atoms with Crippen LogP contribution >= 0.6 is 15.9 Å². The standard InChI is InChI=1S/C19H14BrNO6/c1-11(22)21-13-2-5-15-12(8-19(24)27-16(15)9-13)10-25-18(23)7-4-14-3-6-17(20)26-14/h2-9H,10H2,1H3,(H,21,22)/b7-4+. The molecule has 0 saturated carbocycles. The molecule has 1 aromatic carbocycles. The molecule has 0 aliphatic carbocycles. The first-order valence-electron chi connectivity index (χ1n) is 7.85. The molecule has 27 heavy (non-hydrogen) atoms. The molecule has 7 nitrogen and oxygen atoms in total. The summed E-state index contributed by atoms with van der Waals surface area (Å²) in [6.45, 7) is 1.28. The second-order valence-corrected chi connectivity index (χ2v) is 6.35. The molecular formula is C19H14BrNO6. The number of carbonyl (C=O) groups is 2. The Hall–Kier alpha value is -3.13.